The molecule has 0 saturated carbocycles. The number of anilines is 1. The molecule has 2 atom stereocenters. The van der Waals surface area contributed by atoms with Gasteiger partial charge in [0.15, 0.2) is 0 Å². The summed E-state index contributed by atoms with van der Waals surface area (Å²) >= 11 is 0. The number of hydrogen-bond donors (Lipinski definition) is 3. The molecule has 1 aliphatic heterocycles. The molecule has 1 aliphatic rings. The van der Waals surface area contributed by atoms with Gasteiger partial charge >= 0.3 is 0 Å². The molecule has 0 aromatic heterocycles. The predicted molar refractivity (Wildman–Crippen MR) is 73.5 cm³/mol. The van der Waals surface area contributed by atoms with Gasteiger partial charge < -0.3 is 16.0 Å². The quantitative estimate of drug-likeness (QED) is 0.662. The molecule has 4 nitrogen and oxygen atoms in total. The Kier molecular flexibility index (Phi) is 4.33. The molecule has 2 rings (SSSR count). The van der Waals surface area contributed by atoms with Gasteiger partial charge in [0.25, 0.3) is 0 Å². The minimum atomic E-state index is -0.146. The molecule has 1 aromatic carbocycles. The summed E-state index contributed by atoms with van der Waals surface area (Å²) in [6, 6.07) is 9.97. The van der Waals surface area contributed by atoms with Crippen LogP contribution in [0.4, 0.5) is 5.69 Å². The average Bonchev–Trinajstić information content (AvgIpc) is 3.14. The average molecular weight is 247 g/mol. The van der Waals surface area contributed by atoms with Crippen LogP contribution in [0.25, 0.3) is 0 Å². The van der Waals surface area contributed by atoms with E-state index < -0.39 is 0 Å². The van der Waals surface area contributed by atoms with Crippen molar-refractivity contribution in [3.8, 4) is 0 Å². The van der Waals surface area contributed by atoms with Gasteiger partial charge in [0, 0.05) is 24.8 Å². The van der Waals surface area contributed by atoms with E-state index in [1.165, 1.54) is 0 Å². The van der Waals surface area contributed by atoms with Crippen LogP contribution in [0.2, 0.25) is 0 Å². The summed E-state index contributed by atoms with van der Waals surface area (Å²) < 4.78 is 0. The summed E-state index contributed by atoms with van der Waals surface area (Å²) in [6.07, 6.45) is 0. The van der Waals surface area contributed by atoms with E-state index in [-0.39, 0.29) is 17.9 Å². The molecule has 1 aromatic rings. The number of benzene rings is 1. The van der Waals surface area contributed by atoms with Gasteiger partial charge in [-0.2, -0.15) is 0 Å². The predicted octanol–water partition coefficient (Wildman–Crippen LogP) is 1.21. The van der Waals surface area contributed by atoms with Gasteiger partial charge in [-0.25, -0.2) is 0 Å². The van der Waals surface area contributed by atoms with Gasteiger partial charge in [-0.3, -0.25) is 4.79 Å². The lowest BCUT2D eigenvalue weighted by Crippen LogP contribution is -2.45. The monoisotopic (exact) mass is 247 g/mol. The van der Waals surface area contributed by atoms with Crippen LogP contribution >= 0.6 is 0 Å². The Morgan fingerprint density at radius 1 is 1.39 bits per heavy atom. The first kappa shape index (κ1) is 13.1. The molecule has 0 unspecified atom stereocenters. The Hall–Kier alpha value is -1.39. The molecule has 1 saturated heterocycles. The van der Waals surface area contributed by atoms with Gasteiger partial charge in [0.05, 0.1) is 6.04 Å². The smallest absolute Gasteiger partial charge is 0.241 e. The highest BCUT2D eigenvalue weighted by Gasteiger charge is 2.26. The summed E-state index contributed by atoms with van der Waals surface area (Å²) in [7, 11) is 0. The molecule has 1 fully saturated rings. The van der Waals surface area contributed by atoms with Crippen molar-refractivity contribution in [1.82, 2.24) is 10.6 Å². The van der Waals surface area contributed by atoms with Crippen LogP contribution in [0.3, 0.4) is 0 Å². The Balaban J connectivity index is 1.90. The molecule has 0 bridgehead atoms. The molecule has 0 spiro atoms. The van der Waals surface area contributed by atoms with Crippen molar-refractivity contribution in [2.45, 2.75) is 25.9 Å². The van der Waals surface area contributed by atoms with Crippen molar-refractivity contribution in [2.24, 2.45) is 5.92 Å². The summed E-state index contributed by atoms with van der Waals surface area (Å²) in [5.74, 6) is 0.310. The van der Waals surface area contributed by atoms with E-state index in [0.29, 0.717) is 6.04 Å². The molecule has 0 radical (unpaired) electrons. The second-order valence-corrected chi connectivity index (χ2v) is 5.09. The molecule has 18 heavy (non-hydrogen) atoms. The third-order valence-corrected chi connectivity index (χ3v) is 3.07. The first-order valence-electron chi connectivity index (χ1n) is 6.49. The molecule has 1 heterocycles. The van der Waals surface area contributed by atoms with E-state index >= 15 is 0 Å². The molecule has 98 valence electrons. The third-order valence-electron chi connectivity index (χ3n) is 3.07. The zero-order chi connectivity index (χ0) is 13.0. The van der Waals surface area contributed by atoms with E-state index in [4.69, 9.17) is 0 Å². The van der Waals surface area contributed by atoms with Crippen molar-refractivity contribution in [3.05, 3.63) is 30.3 Å². The topological polar surface area (TPSA) is 63.1 Å². The normalized spacial score (nSPS) is 19.6. The molecular weight excluding hydrogens is 226 g/mol. The van der Waals surface area contributed by atoms with Crippen molar-refractivity contribution in [2.75, 3.05) is 18.4 Å². The van der Waals surface area contributed by atoms with Gasteiger partial charge in [-0.15, -0.1) is 0 Å². The van der Waals surface area contributed by atoms with E-state index in [1.807, 2.05) is 30.3 Å². The Morgan fingerprint density at radius 2 is 2.06 bits per heavy atom. The number of para-hydroxylation sites is 1. The third kappa shape index (κ3) is 3.82. The summed E-state index contributed by atoms with van der Waals surface area (Å²) in [6.45, 7) is 6.02. The summed E-state index contributed by atoms with van der Waals surface area (Å²) in [5, 5.41) is 9.50. The zero-order valence-electron chi connectivity index (χ0n) is 10.9. The Bertz CT molecular complexity index is 387. The number of hydrogen-bond acceptors (Lipinski definition) is 3. The maximum absolute atomic E-state index is 12.2. The lowest BCUT2D eigenvalue weighted by molar-refractivity contribution is -0.119. The maximum Gasteiger partial charge on any atom is 0.241 e. The fraction of sp³-hybridized carbons (Fsp3) is 0.500. The number of nitrogens with one attached hydrogen (secondary N) is 3. The fourth-order valence-corrected chi connectivity index (χ4v) is 1.87. The molecule has 4 heteroatoms. The Morgan fingerprint density at radius 3 is 2.61 bits per heavy atom. The highest BCUT2D eigenvalue weighted by atomic mass is 16.2. The largest absolute Gasteiger partial charge is 0.325 e. The van der Waals surface area contributed by atoms with Gasteiger partial charge in [0.1, 0.15) is 0 Å². The minimum absolute atomic E-state index is 0.0388. The molecule has 0 aliphatic carbocycles. The van der Waals surface area contributed by atoms with Crippen LogP contribution in [-0.4, -0.2) is 31.1 Å². The summed E-state index contributed by atoms with van der Waals surface area (Å²) in [5.41, 5.74) is 0.847. The molecular formula is C14H21N3O. The van der Waals surface area contributed by atoms with Crippen LogP contribution in [-0.2, 0) is 4.79 Å². The van der Waals surface area contributed by atoms with Crippen molar-refractivity contribution in [1.29, 1.82) is 0 Å². The SMILES string of the molecule is CC(C)[C@H](NC[C@H]1CN1)C(=O)Nc1ccccc1. The standard InChI is InChI=1S/C14H21N3O/c1-10(2)13(16-9-12-8-15-12)14(18)17-11-6-4-3-5-7-11/h3-7,10,12-13,15-16H,8-9H2,1-2H3,(H,17,18)/t12-,13+/m1/s1. The fourth-order valence-electron chi connectivity index (χ4n) is 1.87. The minimum Gasteiger partial charge on any atom is -0.325 e. The van der Waals surface area contributed by atoms with Crippen LogP contribution in [0.5, 0.6) is 0 Å². The van der Waals surface area contributed by atoms with Crippen LogP contribution in [0.1, 0.15) is 13.8 Å². The van der Waals surface area contributed by atoms with Gasteiger partial charge in [0.2, 0.25) is 5.91 Å². The van der Waals surface area contributed by atoms with Crippen molar-refractivity contribution in [3.63, 3.8) is 0 Å². The number of carbonyl (C=O) groups is 1. The maximum atomic E-state index is 12.2. The highest BCUT2D eigenvalue weighted by molar-refractivity contribution is 5.94. The summed E-state index contributed by atoms with van der Waals surface area (Å²) in [4.78, 5) is 12.2. The number of amides is 1. The van der Waals surface area contributed by atoms with Gasteiger partial charge in [-0.1, -0.05) is 32.0 Å². The van der Waals surface area contributed by atoms with Crippen LogP contribution in [0, 0.1) is 5.92 Å². The van der Waals surface area contributed by atoms with E-state index in [9.17, 15) is 4.79 Å². The van der Waals surface area contributed by atoms with E-state index in [1.54, 1.807) is 0 Å². The van der Waals surface area contributed by atoms with Crippen molar-refractivity contribution < 1.29 is 4.79 Å². The Labute approximate surface area is 108 Å². The number of carbonyl (C=O) groups excluding carboxylic acids is 1. The molecule has 3 N–H and O–H groups in total. The lowest BCUT2D eigenvalue weighted by Gasteiger charge is -2.21. The second-order valence-electron chi connectivity index (χ2n) is 5.09. The molecule has 1 amide bonds. The second kappa shape index (κ2) is 5.98. The van der Waals surface area contributed by atoms with Crippen molar-refractivity contribution >= 4 is 11.6 Å². The van der Waals surface area contributed by atoms with Gasteiger partial charge in [-0.05, 0) is 18.1 Å². The lowest BCUT2D eigenvalue weighted by atomic mass is 10.0. The first-order chi connectivity index (χ1) is 8.66. The highest BCUT2D eigenvalue weighted by Crippen LogP contribution is 2.09. The number of rotatable bonds is 6. The van der Waals surface area contributed by atoms with Crippen LogP contribution < -0.4 is 16.0 Å². The van der Waals surface area contributed by atoms with Crippen LogP contribution in [0.15, 0.2) is 30.3 Å². The first-order valence-corrected chi connectivity index (χ1v) is 6.49. The van der Waals surface area contributed by atoms with E-state index in [2.05, 4.69) is 29.8 Å². The van der Waals surface area contributed by atoms with E-state index in [0.717, 1.165) is 18.8 Å². The zero-order valence-corrected chi connectivity index (χ0v) is 10.9.